The summed E-state index contributed by atoms with van der Waals surface area (Å²) in [6, 6.07) is 41.1. The van der Waals surface area contributed by atoms with Gasteiger partial charge >= 0.3 is 0 Å². The van der Waals surface area contributed by atoms with E-state index in [2.05, 4.69) is 76.6 Å². The average molecular weight is 728 g/mol. The van der Waals surface area contributed by atoms with E-state index in [1.807, 2.05) is 84.4 Å². The van der Waals surface area contributed by atoms with Gasteiger partial charge in [0.1, 0.15) is 0 Å². The third-order valence-electron chi connectivity index (χ3n) is 6.93. The molecule has 4 aromatic carbocycles. The zero-order chi connectivity index (χ0) is 27.4. The van der Waals surface area contributed by atoms with E-state index in [-0.39, 0.29) is 27.1 Å². The zero-order valence-electron chi connectivity index (χ0n) is 22.5. The fraction of sp³-hybridized carbons (Fsp3) is 0.0571. The number of ether oxygens (including phenoxy) is 1. The summed E-state index contributed by atoms with van der Waals surface area (Å²) < 4.78 is 8.32. The van der Waals surface area contributed by atoms with E-state index in [9.17, 15) is 0 Å². The summed E-state index contributed by atoms with van der Waals surface area (Å²) in [5.41, 5.74) is 5.71. The Morgan fingerprint density at radius 2 is 1.57 bits per heavy atom. The summed E-state index contributed by atoms with van der Waals surface area (Å²) in [5, 5.41) is 11.3. The third kappa shape index (κ3) is 5.85. The third-order valence-corrected chi connectivity index (χ3v) is 6.93. The molecule has 0 unspecified atom stereocenters. The van der Waals surface area contributed by atoms with Crippen LogP contribution in [-0.2, 0) is 21.1 Å². The summed E-state index contributed by atoms with van der Waals surface area (Å²) in [5.74, 6) is 1.17. The normalized spacial score (nSPS) is 15.6. The molecule has 1 aliphatic heterocycles. The van der Waals surface area contributed by atoms with Gasteiger partial charge in [0, 0.05) is 43.9 Å². The first-order valence-electron chi connectivity index (χ1n) is 13.5. The maximum Gasteiger partial charge on any atom is 0.0848 e. The molecule has 1 aromatic heterocycles. The molecule has 0 spiro atoms. The molecule has 0 radical (unpaired) electrons. The van der Waals surface area contributed by atoms with Gasteiger partial charge in [-0.2, -0.15) is 11.2 Å². The number of anilines is 2. The van der Waals surface area contributed by atoms with Gasteiger partial charge < -0.3 is 14.6 Å². The second-order valence-corrected chi connectivity index (χ2v) is 9.71. The molecule has 7 heteroatoms. The summed E-state index contributed by atoms with van der Waals surface area (Å²) in [6.45, 7) is 1.91. The second kappa shape index (κ2) is 12.5. The van der Waals surface area contributed by atoms with E-state index in [4.69, 9.17) is 9.84 Å². The Morgan fingerprint density at radius 1 is 0.810 bits per heavy atom. The predicted octanol–water partition coefficient (Wildman–Crippen LogP) is 8.05. The molecule has 5 aromatic rings. The van der Waals surface area contributed by atoms with E-state index in [1.165, 1.54) is 0 Å². The number of rotatable bonds is 7. The Morgan fingerprint density at radius 3 is 2.36 bits per heavy atom. The summed E-state index contributed by atoms with van der Waals surface area (Å²) in [7, 11) is 0. The van der Waals surface area contributed by atoms with Crippen LogP contribution in [0, 0.1) is 18.8 Å². The van der Waals surface area contributed by atoms with Gasteiger partial charge in [0.2, 0.25) is 0 Å². The predicted molar refractivity (Wildman–Crippen MR) is 163 cm³/mol. The van der Waals surface area contributed by atoms with Gasteiger partial charge in [-0.15, -0.1) is 48.6 Å². The molecule has 2 heterocycles. The SMILES string of the molecule is [Pt].[c-]1c(Oc2[c-]c(N3[CH-]N(c4ccccc4)C=N3)ccc2)cccc1-c1cc(-c2ccccc2)n([C@@H]2C=CC=CC2)n1. The number of nitrogens with zero attached hydrogens (tertiary/aromatic N) is 5. The number of hydrazone groups is 1. The fourth-order valence-corrected chi connectivity index (χ4v) is 4.90. The number of allylic oxidation sites excluding steroid dienone is 4. The van der Waals surface area contributed by atoms with Gasteiger partial charge in [-0.1, -0.05) is 90.7 Å². The monoisotopic (exact) mass is 727 g/mol. The van der Waals surface area contributed by atoms with Crippen molar-refractivity contribution in [3.63, 3.8) is 0 Å². The largest absolute Gasteiger partial charge is 0.503 e. The van der Waals surface area contributed by atoms with Crippen LogP contribution in [0.15, 0.2) is 133 Å². The molecule has 0 saturated carbocycles. The molecule has 42 heavy (non-hydrogen) atoms. The minimum atomic E-state index is 0. The zero-order valence-corrected chi connectivity index (χ0v) is 24.8. The summed E-state index contributed by atoms with van der Waals surface area (Å²) >= 11 is 0. The van der Waals surface area contributed by atoms with Gasteiger partial charge in [-0.3, -0.25) is 4.68 Å². The molecule has 1 atom stereocenters. The van der Waals surface area contributed by atoms with Crippen molar-refractivity contribution in [2.45, 2.75) is 12.5 Å². The number of para-hydroxylation sites is 1. The fourth-order valence-electron chi connectivity index (χ4n) is 4.90. The van der Waals surface area contributed by atoms with Crippen LogP contribution in [0.1, 0.15) is 12.5 Å². The van der Waals surface area contributed by atoms with Crippen molar-refractivity contribution in [1.29, 1.82) is 0 Å². The van der Waals surface area contributed by atoms with E-state index in [0.29, 0.717) is 11.5 Å². The summed E-state index contributed by atoms with van der Waals surface area (Å²) in [6.07, 6.45) is 11.2. The van der Waals surface area contributed by atoms with Gasteiger partial charge in [-0.25, -0.2) is 5.10 Å². The van der Waals surface area contributed by atoms with Crippen molar-refractivity contribution in [2.24, 2.45) is 5.10 Å². The molecule has 0 amide bonds. The Kier molecular flexibility index (Phi) is 8.16. The first-order chi connectivity index (χ1) is 20.3. The van der Waals surface area contributed by atoms with Crippen molar-refractivity contribution >= 4 is 17.7 Å². The molecule has 1 aliphatic carbocycles. The second-order valence-electron chi connectivity index (χ2n) is 9.71. The van der Waals surface area contributed by atoms with Gasteiger partial charge in [0.25, 0.3) is 0 Å². The van der Waals surface area contributed by atoms with Crippen molar-refractivity contribution in [3.05, 3.63) is 146 Å². The molecule has 0 bridgehead atoms. The number of aromatic nitrogens is 2. The maximum absolute atomic E-state index is 6.22. The van der Waals surface area contributed by atoms with Crippen molar-refractivity contribution in [3.8, 4) is 34.0 Å². The van der Waals surface area contributed by atoms with Crippen LogP contribution >= 0.6 is 0 Å². The molecular formula is C35H26N5OPt-3. The van der Waals surface area contributed by atoms with Crippen LogP contribution < -0.4 is 14.6 Å². The molecule has 0 fully saturated rings. The van der Waals surface area contributed by atoms with Crippen LogP contribution in [0.4, 0.5) is 11.4 Å². The van der Waals surface area contributed by atoms with Crippen LogP contribution in [0.2, 0.25) is 0 Å². The average Bonchev–Trinajstić information content (AvgIpc) is 3.72. The molecule has 0 N–H and O–H groups in total. The minimum Gasteiger partial charge on any atom is -0.503 e. The first-order valence-corrected chi connectivity index (χ1v) is 13.5. The topological polar surface area (TPSA) is 45.9 Å². The van der Waals surface area contributed by atoms with Crippen LogP contribution in [-0.4, -0.2) is 16.1 Å². The quantitative estimate of drug-likeness (QED) is 0.159. The van der Waals surface area contributed by atoms with Gasteiger partial charge in [0.05, 0.1) is 18.1 Å². The van der Waals surface area contributed by atoms with Gasteiger partial charge in [0.15, 0.2) is 0 Å². The Labute approximate surface area is 260 Å². The standard InChI is InChI=1S/C35H26N5O.Pt/c1-4-12-27(13-5-1)35-24-34(37-40(35)30-17-8-3-9-18-30)28-14-10-20-32(22-28)41-33-21-11-19-31(23-33)39-26-38(25-36-39)29-15-6-2-7-16-29;/h1-17,19-21,24-26,30H,18H2;/q-3;/t30-;/m1./s1. The molecule has 0 saturated heterocycles. The van der Waals surface area contributed by atoms with Crippen LogP contribution in [0.5, 0.6) is 11.5 Å². The number of benzene rings is 4. The molecule has 210 valence electrons. The Hall–Kier alpha value is -4.67. The van der Waals surface area contributed by atoms with E-state index >= 15 is 0 Å². The Balaban J connectivity index is 0.00000316. The van der Waals surface area contributed by atoms with Crippen molar-refractivity contribution < 1.29 is 25.8 Å². The maximum atomic E-state index is 6.22. The van der Waals surface area contributed by atoms with Crippen molar-refractivity contribution in [1.82, 2.24) is 9.78 Å². The van der Waals surface area contributed by atoms with E-state index in [1.54, 1.807) is 11.3 Å². The molecular weight excluding hydrogens is 701 g/mol. The van der Waals surface area contributed by atoms with Crippen molar-refractivity contribution in [2.75, 3.05) is 9.91 Å². The smallest absolute Gasteiger partial charge is 0.0848 e. The minimum absolute atomic E-state index is 0. The molecule has 7 rings (SSSR count). The molecule has 2 aliphatic rings. The summed E-state index contributed by atoms with van der Waals surface area (Å²) in [4.78, 5) is 1.96. The van der Waals surface area contributed by atoms with Gasteiger partial charge in [-0.05, 0) is 24.1 Å². The Bertz CT molecular complexity index is 1750. The van der Waals surface area contributed by atoms with Crippen LogP contribution in [0.25, 0.3) is 22.5 Å². The number of hydrogen-bond acceptors (Lipinski definition) is 5. The van der Waals surface area contributed by atoms with Crippen LogP contribution in [0.3, 0.4) is 0 Å². The first kappa shape index (κ1) is 27.5. The van der Waals surface area contributed by atoms with E-state index in [0.717, 1.165) is 40.3 Å². The molecule has 6 nitrogen and oxygen atoms in total. The van der Waals surface area contributed by atoms with E-state index < -0.39 is 0 Å². The number of hydrogen-bond donors (Lipinski definition) is 0.